The highest BCUT2D eigenvalue weighted by Gasteiger charge is 2.35. The van der Waals surface area contributed by atoms with Crippen LogP contribution in [-0.2, 0) is 11.4 Å². The summed E-state index contributed by atoms with van der Waals surface area (Å²) in [6.07, 6.45) is 3.99. The van der Waals surface area contributed by atoms with Crippen molar-refractivity contribution < 1.29 is 14.3 Å². The number of anilines is 1. The van der Waals surface area contributed by atoms with Gasteiger partial charge in [-0.1, -0.05) is 90.5 Å². The molecule has 3 aliphatic rings. The molecule has 1 saturated heterocycles. The molecule has 2 atom stereocenters. The van der Waals surface area contributed by atoms with E-state index in [0.29, 0.717) is 39.8 Å². The number of nitrogens with one attached hydrogen (secondary N) is 1. The first-order valence-corrected chi connectivity index (χ1v) is 19.9. The van der Waals surface area contributed by atoms with Crippen LogP contribution in [0, 0.1) is 3.57 Å². The number of amides is 1. The first kappa shape index (κ1) is 34.8. The second-order valence-electron chi connectivity index (χ2n) is 13.1. The van der Waals surface area contributed by atoms with Gasteiger partial charge < -0.3 is 19.7 Å². The second-order valence-corrected chi connectivity index (χ2v) is 15.7. The van der Waals surface area contributed by atoms with Crippen LogP contribution in [0.1, 0.15) is 65.0 Å². The zero-order valence-electron chi connectivity index (χ0n) is 28.7. The van der Waals surface area contributed by atoms with Crippen molar-refractivity contribution in [3.8, 4) is 11.5 Å². The fraction of sp³-hybridized carbons (Fsp3) is 0.209. The van der Waals surface area contributed by atoms with Gasteiger partial charge in [0.25, 0.3) is 5.91 Å². The molecule has 0 aromatic heterocycles. The van der Waals surface area contributed by atoms with Gasteiger partial charge in [-0.15, -0.1) is 0 Å². The van der Waals surface area contributed by atoms with Crippen molar-refractivity contribution in [1.82, 2.24) is 5.32 Å². The number of benzene rings is 5. The standard InChI is InChI=1S/C43H37ClIN3O3S/c1-2-50-38-22-27(21-37(45)41(38)51-26-30-15-9-10-16-36(30)44)23-39-42(49)47-43(52-39)46-31-24-34-32(28-11-5-3-6-12-28)17-19-48-20-18-33(35(25-31)40(34)48)29-13-7-4-8-14-29/h3-16,21-25,32-33H,2,17-20,26H2,1H3,(H,46,47,49)/b39-23-/t32-,33-/m0/s1. The van der Waals surface area contributed by atoms with Crippen LogP contribution in [0.4, 0.5) is 11.4 Å². The zero-order chi connectivity index (χ0) is 35.6. The number of carbonyl (C=O) groups excluding carboxylic acids is 1. The molecular formula is C43H37ClIN3O3S. The number of halogens is 2. The van der Waals surface area contributed by atoms with Crippen LogP contribution in [0.3, 0.4) is 0 Å². The molecule has 1 fully saturated rings. The molecule has 1 amide bonds. The van der Waals surface area contributed by atoms with Gasteiger partial charge in [0.2, 0.25) is 0 Å². The lowest BCUT2D eigenvalue weighted by Crippen LogP contribution is -2.37. The van der Waals surface area contributed by atoms with Crippen LogP contribution in [-0.4, -0.2) is 30.8 Å². The second kappa shape index (κ2) is 15.4. The van der Waals surface area contributed by atoms with Crippen molar-refractivity contribution >= 4 is 74.5 Å². The predicted molar refractivity (Wildman–Crippen MR) is 221 cm³/mol. The summed E-state index contributed by atoms with van der Waals surface area (Å²) in [5, 5.41) is 4.26. The van der Waals surface area contributed by atoms with Crippen LogP contribution in [0.2, 0.25) is 5.02 Å². The fourth-order valence-electron chi connectivity index (χ4n) is 7.49. The Bertz CT molecular complexity index is 2120. The van der Waals surface area contributed by atoms with E-state index in [-0.39, 0.29) is 17.7 Å². The van der Waals surface area contributed by atoms with E-state index in [4.69, 9.17) is 26.1 Å². The molecule has 5 aromatic rings. The molecule has 52 heavy (non-hydrogen) atoms. The third kappa shape index (κ3) is 7.21. The van der Waals surface area contributed by atoms with E-state index in [2.05, 4.69) is 106 Å². The normalized spacial score (nSPS) is 19.4. The summed E-state index contributed by atoms with van der Waals surface area (Å²) in [6, 6.07) is 37.7. The van der Waals surface area contributed by atoms with Crippen molar-refractivity contribution in [3.63, 3.8) is 0 Å². The molecule has 9 heteroatoms. The van der Waals surface area contributed by atoms with Crippen LogP contribution in [0.25, 0.3) is 6.08 Å². The highest BCUT2D eigenvalue weighted by atomic mass is 127. The Hall–Kier alpha value is -4.25. The lowest BCUT2D eigenvalue weighted by molar-refractivity contribution is -0.115. The van der Waals surface area contributed by atoms with Crippen molar-refractivity contribution in [3.05, 3.63) is 156 Å². The molecule has 8 rings (SSSR count). The molecule has 6 nitrogen and oxygen atoms in total. The van der Waals surface area contributed by atoms with Crippen molar-refractivity contribution in [2.75, 3.05) is 24.6 Å². The predicted octanol–water partition coefficient (Wildman–Crippen LogP) is 10.7. The zero-order valence-corrected chi connectivity index (χ0v) is 32.4. The van der Waals surface area contributed by atoms with E-state index in [9.17, 15) is 4.79 Å². The Morgan fingerprint density at radius 1 is 0.885 bits per heavy atom. The molecule has 1 N–H and O–H groups in total. The quantitative estimate of drug-likeness (QED) is 0.118. The van der Waals surface area contributed by atoms with E-state index in [1.54, 1.807) is 0 Å². The highest BCUT2D eigenvalue weighted by molar-refractivity contribution is 14.1. The molecule has 0 saturated carbocycles. The summed E-state index contributed by atoms with van der Waals surface area (Å²) in [5.41, 5.74) is 9.23. The van der Waals surface area contributed by atoms with Crippen molar-refractivity contribution in [2.24, 2.45) is 4.99 Å². The summed E-state index contributed by atoms with van der Waals surface area (Å²) in [7, 11) is 0. The van der Waals surface area contributed by atoms with Crippen LogP contribution in [0.15, 0.2) is 119 Å². The third-order valence-electron chi connectivity index (χ3n) is 9.84. The van der Waals surface area contributed by atoms with Crippen molar-refractivity contribution in [2.45, 2.75) is 38.2 Å². The molecule has 0 aliphatic carbocycles. The molecule has 0 bridgehead atoms. The lowest BCUT2D eigenvalue weighted by atomic mass is 9.76. The number of amidine groups is 1. The Morgan fingerprint density at radius 3 is 2.15 bits per heavy atom. The lowest BCUT2D eigenvalue weighted by Gasteiger charge is -2.43. The first-order valence-electron chi connectivity index (χ1n) is 17.6. The van der Waals surface area contributed by atoms with Gasteiger partial charge in [-0.2, -0.15) is 0 Å². The summed E-state index contributed by atoms with van der Waals surface area (Å²) >= 11 is 9.98. The molecule has 262 valence electrons. The van der Waals surface area contributed by atoms with Crippen LogP contribution in [0.5, 0.6) is 11.5 Å². The minimum absolute atomic E-state index is 0.175. The SMILES string of the molecule is CCOc1cc(/C=C2\SC(=Nc3cc4c5c(c3)[C@H](c3ccccc3)CCN5CC[C@H]4c3ccccc3)NC2=O)cc(I)c1OCc1ccccc1Cl. The Balaban J connectivity index is 1.12. The summed E-state index contributed by atoms with van der Waals surface area (Å²) in [4.78, 5) is 21.6. The van der Waals surface area contributed by atoms with E-state index < -0.39 is 0 Å². The number of hydrogen-bond donors (Lipinski definition) is 1. The van der Waals surface area contributed by atoms with Gasteiger partial charge in [0, 0.05) is 41.2 Å². The summed E-state index contributed by atoms with van der Waals surface area (Å²) in [5.74, 6) is 1.64. The van der Waals surface area contributed by atoms with E-state index in [0.717, 1.165) is 46.3 Å². The number of nitrogens with zero attached hydrogens (tertiary/aromatic N) is 2. The minimum Gasteiger partial charge on any atom is -0.490 e. The van der Waals surface area contributed by atoms with Gasteiger partial charge in [0.1, 0.15) is 6.61 Å². The van der Waals surface area contributed by atoms with Gasteiger partial charge in [-0.25, -0.2) is 4.99 Å². The molecule has 3 heterocycles. The van der Waals surface area contributed by atoms with Gasteiger partial charge in [-0.05, 0) is 118 Å². The molecular weight excluding hydrogens is 801 g/mol. The Kier molecular flexibility index (Phi) is 10.3. The smallest absolute Gasteiger partial charge is 0.264 e. The third-order valence-corrected chi connectivity index (χ3v) is 11.9. The molecule has 0 unspecified atom stereocenters. The monoisotopic (exact) mass is 837 g/mol. The molecule has 5 aromatic carbocycles. The highest BCUT2D eigenvalue weighted by Crippen LogP contribution is 2.50. The van der Waals surface area contributed by atoms with E-state index in [1.807, 2.05) is 49.4 Å². The van der Waals surface area contributed by atoms with Gasteiger partial charge in [0.05, 0.1) is 20.8 Å². The number of rotatable bonds is 9. The average Bonchev–Trinajstić information content (AvgIpc) is 3.50. The van der Waals surface area contributed by atoms with E-state index in [1.165, 1.54) is 39.7 Å². The average molecular weight is 838 g/mol. The Morgan fingerprint density at radius 2 is 1.52 bits per heavy atom. The summed E-state index contributed by atoms with van der Waals surface area (Å²) in [6.45, 7) is 4.80. The number of ether oxygens (including phenoxy) is 2. The number of carbonyl (C=O) groups is 1. The minimum atomic E-state index is -0.175. The maximum atomic E-state index is 13.4. The topological polar surface area (TPSA) is 63.2 Å². The fourth-order valence-corrected chi connectivity index (χ4v) is 9.31. The number of hydrogen-bond acceptors (Lipinski definition) is 6. The molecule has 0 spiro atoms. The van der Waals surface area contributed by atoms with Crippen LogP contribution < -0.4 is 19.7 Å². The maximum absolute atomic E-state index is 13.4. The van der Waals surface area contributed by atoms with Crippen LogP contribution >= 0.6 is 46.0 Å². The molecule has 0 radical (unpaired) electrons. The molecule has 3 aliphatic heterocycles. The Labute approximate surface area is 327 Å². The largest absolute Gasteiger partial charge is 0.490 e. The maximum Gasteiger partial charge on any atom is 0.264 e. The van der Waals surface area contributed by atoms with Gasteiger partial charge in [-0.3, -0.25) is 4.79 Å². The summed E-state index contributed by atoms with van der Waals surface area (Å²) < 4.78 is 13.1. The number of thioether (sulfide) groups is 1. The van der Waals surface area contributed by atoms with Crippen molar-refractivity contribution in [1.29, 1.82) is 0 Å². The first-order chi connectivity index (χ1) is 25.4. The number of aliphatic imine (C=N–C) groups is 1. The van der Waals surface area contributed by atoms with E-state index >= 15 is 0 Å². The van der Waals surface area contributed by atoms with Gasteiger partial charge in [0.15, 0.2) is 16.7 Å². The van der Waals surface area contributed by atoms with Gasteiger partial charge >= 0.3 is 0 Å².